The van der Waals surface area contributed by atoms with Gasteiger partial charge in [0.25, 0.3) is 0 Å². The summed E-state index contributed by atoms with van der Waals surface area (Å²) in [6.45, 7) is 1.63. The molecule has 2 nitrogen and oxygen atoms in total. The molecule has 1 unspecified atom stereocenters. The molecule has 3 N–H and O–H groups in total. The Hall–Kier alpha value is -1.49. The van der Waals surface area contributed by atoms with Crippen LogP contribution in [-0.4, -0.2) is 0 Å². The quantitative estimate of drug-likeness (QED) is 0.668. The van der Waals surface area contributed by atoms with Crippen LogP contribution >= 0.6 is 11.6 Å². The molecule has 0 radical (unpaired) electrons. The van der Waals surface area contributed by atoms with Crippen LogP contribution < -0.4 is 11.3 Å². The van der Waals surface area contributed by atoms with Crippen LogP contribution in [0.25, 0.3) is 0 Å². The zero-order valence-electron chi connectivity index (χ0n) is 10.3. The van der Waals surface area contributed by atoms with Crippen molar-refractivity contribution in [3.8, 4) is 0 Å². The summed E-state index contributed by atoms with van der Waals surface area (Å²) in [5.41, 5.74) is 3.87. The number of hydrazine groups is 1. The molecule has 0 amide bonds. The highest BCUT2D eigenvalue weighted by molar-refractivity contribution is 6.31. The molecule has 1 atom stereocenters. The van der Waals surface area contributed by atoms with Gasteiger partial charge in [0.05, 0.1) is 6.04 Å². The molecule has 2 aromatic rings. The summed E-state index contributed by atoms with van der Waals surface area (Å²) in [4.78, 5) is 0. The Morgan fingerprint density at radius 2 is 1.89 bits per heavy atom. The third-order valence-electron chi connectivity index (χ3n) is 2.97. The van der Waals surface area contributed by atoms with Gasteiger partial charge in [-0.05, 0) is 36.2 Å². The minimum absolute atomic E-state index is 0.248. The number of hydrogen-bond donors (Lipinski definition) is 2. The van der Waals surface area contributed by atoms with E-state index in [9.17, 15) is 8.78 Å². The van der Waals surface area contributed by atoms with Crippen LogP contribution in [0.3, 0.4) is 0 Å². The fourth-order valence-corrected chi connectivity index (χ4v) is 2.25. The second kappa shape index (κ2) is 5.65. The van der Waals surface area contributed by atoms with Crippen LogP contribution in [0, 0.1) is 18.6 Å². The number of rotatable bonds is 3. The van der Waals surface area contributed by atoms with Crippen molar-refractivity contribution in [2.45, 2.75) is 13.0 Å². The van der Waals surface area contributed by atoms with Crippen LogP contribution in [0.1, 0.15) is 22.7 Å². The summed E-state index contributed by atoms with van der Waals surface area (Å²) in [7, 11) is 0. The topological polar surface area (TPSA) is 38.0 Å². The molecule has 0 aliphatic heterocycles. The van der Waals surface area contributed by atoms with E-state index in [1.165, 1.54) is 18.2 Å². The maximum Gasteiger partial charge on any atom is 0.129 e. The molecule has 2 aromatic carbocycles. The Kier molecular flexibility index (Phi) is 4.14. The van der Waals surface area contributed by atoms with E-state index in [0.29, 0.717) is 11.1 Å². The van der Waals surface area contributed by atoms with Crippen molar-refractivity contribution in [1.29, 1.82) is 0 Å². The van der Waals surface area contributed by atoms with Crippen LogP contribution in [0.2, 0.25) is 5.02 Å². The van der Waals surface area contributed by atoms with Gasteiger partial charge in [0.1, 0.15) is 11.6 Å². The fraction of sp³-hybridized carbons (Fsp3) is 0.143. The van der Waals surface area contributed by atoms with Gasteiger partial charge in [-0.1, -0.05) is 29.8 Å². The SMILES string of the molecule is Cc1cc(C(NN)c2c(F)cccc2Cl)ccc1F. The van der Waals surface area contributed by atoms with Crippen molar-refractivity contribution in [2.24, 2.45) is 5.84 Å². The summed E-state index contributed by atoms with van der Waals surface area (Å²) < 4.78 is 27.2. The molecule has 5 heteroatoms. The van der Waals surface area contributed by atoms with E-state index in [-0.39, 0.29) is 16.4 Å². The van der Waals surface area contributed by atoms with Crippen molar-refractivity contribution in [1.82, 2.24) is 5.43 Å². The number of nitrogens with one attached hydrogen (secondary N) is 1. The van der Waals surface area contributed by atoms with Crippen molar-refractivity contribution < 1.29 is 8.78 Å². The van der Waals surface area contributed by atoms with Crippen molar-refractivity contribution in [3.05, 3.63) is 69.7 Å². The highest BCUT2D eigenvalue weighted by atomic mass is 35.5. The molecule has 2 rings (SSSR count). The van der Waals surface area contributed by atoms with Crippen LogP contribution in [0.4, 0.5) is 8.78 Å². The maximum absolute atomic E-state index is 13.9. The molecular formula is C14H13ClF2N2. The van der Waals surface area contributed by atoms with Crippen LogP contribution in [0.15, 0.2) is 36.4 Å². The van der Waals surface area contributed by atoms with Crippen molar-refractivity contribution in [2.75, 3.05) is 0 Å². The first kappa shape index (κ1) is 13.9. The molecule has 0 saturated heterocycles. The van der Waals surface area contributed by atoms with E-state index >= 15 is 0 Å². The average molecular weight is 283 g/mol. The Morgan fingerprint density at radius 1 is 1.16 bits per heavy atom. The molecule has 19 heavy (non-hydrogen) atoms. The third-order valence-corrected chi connectivity index (χ3v) is 3.30. The van der Waals surface area contributed by atoms with Gasteiger partial charge in [-0.2, -0.15) is 0 Å². The lowest BCUT2D eigenvalue weighted by Gasteiger charge is -2.19. The number of aryl methyl sites for hydroxylation is 1. The van der Waals surface area contributed by atoms with Gasteiger partial charge >= 0.3 is 0 Å². The summed E-state index contributed by atoms with van der Waals surface area (Å²) in [6.07, 6.45) is 0. The van der Waals surface area contributed by atoms with Gasteiger partial charge in [0.2, 0.25) is 0 Å². The monoisotopic (exact) mass is 282 g/mol. The number of benzene rings is 2. The summed E-state index contributed by atoms with van der Waals surface area (Å²) in [6, 6.07) is 8.27. The zero-order valence-corrected chi connectivity index (χ0v) is 11.0. The minimum Gasteiger partial charge on any atom is -0.271 e. The predicted molar refractivity (Wildman–Crippen MR) is 71.7 cm³/mol. The van der Waals surface area contributed by atoms with E-state index in [1.807, 2.05) is 0 Å². The summed E-state index contributed by atoms with van der Waals surface area (Å²) >= 11 is 6.01. The number of hydrogen-bond acceptors (Lipinski definition) is 2. The van der Waals surface area contributed by atoms with E-state index in [2.05, 4.69) is 5.43 Å². The molecule has 0 aliphatic carbocycles. The molecule has 0 bridgehead atoms. The Labute approximate surface area is 115 Å². The van der Waals surface area contributed by atoms with E-state index < -0.39 is 11.9 Å². The van der Waals surface area contributed by atoms with E-state index in [4.69, 9.17) is 17.4 Å². The molecule has 0 saturated carbocycles. The first-order valence-corrected chi connectivity index (χ1v) is 6.08. The highest BCUT2D eigenvalue weighted by Gasteiger charge is 2.20. The lowest BCUT2D eigenvalue weighted by atomic mass is 9.97. The first-order valence-electron chi connectivity index (χ1n) is 5.70. The van der Waals surface area contributed by atoms with E-state index in [1.54, 1.807) is 25.1 Å². The molecule has 0 fully saturated rings. The first-order chi connectivity index (χ1) is 9.04. The van der Waals surface area contributed by atoms with Gasteiger partial charge < -0.3 is 0 Å². The standard InChI is InChI=1S/C14H13ClF2N2/c1-8-7-9(5-6-11(8)16)14(19-18)13-10(15)3-2-4-12(13)17/h2-7,14,19H,18H2,1H3. The Balaban J connectivity index is 2.53. The predicted octanol–water partition coefficient (Wildman–Crippen LogP) is 3.48. The third kappa shape index (κ3) is 2.76. The Morgan fingerprint density at radius 3 is 2.47 bits per heavy atom. The fourth-order valence-electron chi connectivity index (χ4n) is 1.98. The van der Waals surface area contributed by atoms with Gasteiger partial charge in [0.15, 0.2) is 0 Å². The largest absolute Gasteiger partial charge is 0.271 e. The van der Waals surface area contributed by atoms with Crippen molar-refractivity contribution in [3.63, 3.8) is 0 Å². The number of halogens is 3. The van der Waals surface area contributed by atoms with Gasteiger partial charge in [0, 0.05) is 10.6 Å². The van der Waals surface area contributed by atoms with Crippen LogP contribution in [-0.2, 0) is 0 Å². The van der Waals surface area contributed by atoms with Gasteiger partial charge in [-0.25, -0.2) is 14.2 Å². The van der Waals surface area contributed by atoms with Gasteiger partial charge in [-0.3, -0.25) is 5.84 Å². The minimum atomic E-state index is -0.631. The molecule has 0 spiro atoms. The summed E-state index contributed by atoms with van der Waals surface area (Å²) in [5, 5.41) is 0.268. The molecule has 0 aliphatic rings. The zero-order chi connectivity index (χ0) is 14.0. The molecular weight excluding hydrogens is 270 g/mol. The molecule has 0 heterocycles. The van der Waals surface area contributed by atoms with Crippen LogP contribution in [0.5, 0.6) is 0 Å². The maximum atomic E-state index is 13.9. The summed E-state index contributed by atoms with van der Waals surface area (Å²) in [5.74, 6) is 4.71. The second-order valence-electron chi connectivity index (χ2n) is 4.24. The number of nitrogens with two attached hydrogens (primary N) is 1. The normalized spacial score (nSPS) is 12.5. The molecule has 100 valence electrons. The van der Waals surface area contributed by atoms with Crippen molar-refractivity contribution >= 4 is 11.6 Å². The lowest BCUT2D eigenvalue weighted by Crippen LogP contribution is -2.30. The lowest BCUT2D eigenvalue weighted by molar-refractivity contribution is 0.558. The highest BCUT2D eigenvalue weighted by Crippen LogP contribution is 2.30. The smallest absolute Gasteiger partial charge is 0.129 e. The molecule has 0 aromatic heterocycles. The average Bonchev–Trinajstić information content (AvgIpc) is 2.37. The van der Waals surface area contributed by atoms with Gasteiger partial charge in [-0.15, -0.1) is 0 Å². The second-order valence-corrected chi connectivity index (χ2v) is 4.65. The van der Waals surface area contributed by atoms with E-state index in [0.717, 1.165) is 0 Å². The Bertz CT molecular complexity index is 582.